The fraction of sp³-hybridized carbons (Fsp3) is 0.500. The lowest BCUT2D eigenvalue weighted by atomic mass is 10.2. The number of pyridine rings is 1. The Bertz CT molecular complexity index is 1340. The minimum atomic E-state index is -4.43. The van der Waals surface area contributed by atoms with E-state index in [9.17, 15) is 27.6 Å². The smallest absolute Gasteiger partial charge is 0.355 e. The van der Waals surface area contributed by atoms with Crippen molar-refractivity contribution in [1.82, 2.24) is 28.6 Å². The fourth-order valence-electron chi connectivity index (χ4n) is 4.26. The quantitative estimate of drug-likeness (QED) is 0.533. The number of aryl methyl sites for hydroxylation is 2. The normalized spacial score (nSPS) is 15.0. The van der Waals surface area contributed by atoms with E-state index in [1.165, 1.54) is 24.0 Å². The van der Waals surface area contributed by atoms with Crippen LogP contribution in [-0.4, -0.2) is 60.7 Å². The highest BCUT2D eigenvalue weighted by atomic mass is 19.4. The Hall–Kier alpha value is -3.64. The summed E-state index contributed by atoms with van der Waals surface area (Å²) in [5.41, 5.74) is -1.06. The molecule has 1 fully saturated rings. The number of hydrogen-bond acceptors (Lipinski definition) is 6. The third kappa shape index (κ3) is 4.93. The van der Waals surface area contributed by atoms with Gasteiger partial charge in [-0.05, 0) is 25.0 Å². The number of halogens is 3. The van der Waals surface area contributed by atoms with Gasteiger partial charge in [-0.1, -0.05) is 0 Å². The number of amides is 1. The van der Waals surface area contributed by atoms with Crippen LogP contribution in [-0.2, 0) is 31.6 Å². The first-order valence-corrected chi connectivity index (χ1v) is 11.2. The first-order chi connectivity index (χ1) is 16.6. The second kappa shape index (κ2) is 9.55. The van der Waals surface area contributed by atoms with E-state index in [4.69, 9.17) is 0 Å². The van der Waals surface area contributed by atoms with Crippen molar-refractivity contribution >= 4 is 22.9 Å². The summed E-state index contributed by atoms with van der Waals surface area (Å²) in [4.78, 5) is 49.1. The van der Waals surface area contributed by atoms with Crippen LogP contribution in [0.5, 0.6) is 0 Å². The second-order valence-corrected chi connectivity index (χ2v) is 8.54. The van der Waals surface area contributed by atoms with E-state index in [2.05, 4.69) is 9.97 Å². The predicted octanol–water partition coefficient (Wildman–Crippen LogP) is 1.37. The molecule has 13 heteroatoms. The molecule has 0 spiro atoms. The molecule has 10 nitrogen and oxygen atoms in total. The number of aromatic nitrogens is 5. The van der Waals surface area contributed by atoms with Gasteiger partial charge in [0.2, 0.25) is 5.91 Å². The number of alkyl halides is 3. The topological polar surface area (TPSA) is 98.3 Å². The van der Waals surface area contributed by atoms with Gasteiger partial charge in [-0.2, -0.15) is 13.2 Å². The summed E-state index contributed by atoms with van der Waals surface area (Å²) in [5, 5.41) is 0. The summed E-state index contributed by atoms with van der Waals surface area (Å²) in [6, 6.07) is 2.37. The van der Waals surface area contributed by atoms with E-state index in [-0.39, 0.29) is 12.3 Å². The van der Waals surface area contributed by atoms with Crippen LogP contribution in [0.2, 0.25) is 0 Å². The van der Waals surface area contributed by atoms with Crippen LogP contribution in [0.25, 0.3) is 11.2 Å². The van der Waals surface area contributed by atoms with Crippen LogP contribution >= 0.6 is 0 Å². The number of nitrogens with zero attached hydrogens (tertiary/aromatic N) is 7. The Labute approximate surface area is 198 Å². The Morgan fingerprint density at radius 1 is 1.03 bits per heavy atom. The highest BCUT2D eigenvalue weighted by Crippen LogP contribution is 2.29. The molecule has 0 aliphatic carbocycles. The highest BCUT2D eigenvalue weighted by molar-refractivity contribution is 5.76. The number of carbonyl (C=O) groups excluding carboxylic acids is 1. The molecule has 4 heterocycles. The molecule has 1 aliphatic rings. The summed E-state index contributed by atoms with van der Waals surface area (Å²) >= 11 is 0. The lowest BCUT2D eigenvalue weighted by molar-refractivity contribution is -0.137. The van der Waals surface area contributed by atoms with Gasteiger partial charge < -0.3 is 14.4 Å². The molecule has 35 heavy (non-hydrogen) atoms. The largest absolute Gasteiger partial charge is 0.417 e. The third-order valence-electron chi connectivity index (χ3n) is 6.25. The number of rotatable bonds is 5. The Kier molecular flexibility index (Phi) is 6.68. The van der Waals surface area contributed by atoms with E-state index in [0.29, 0.717) is 62.5 Å². The SMILES string of the molecule is Cn1c(=O)c2c(ncn2CCCC(=O)N2CCCN(c3ccc(C(F)(F)F)cn3)CC2)n(C)c1=O. The van der Waals surface area contributed by atoms with Gasteiger partial charge >= 0.3 is 11.9 Å². The minimum absolute atomic E-state index is 0.0306. The average molecular weight is 493 g/mol. The summed E-state index contributed by atoms with van der Waals surface area (Å²) < 4.78 is 42.3. The van der Waals surface area contributed by atoms with Crippen molar-refractivity contribution in [3.63, 3.8) is 0 Å². The van der Waals surface area contributed by atoms with Gasteiger partial charge in [0.05, 0.1) is 11.9 Å². The fourth-order valence-corrected chi connectivity index (χ4v) is 4.26. The molecule has 1 amide bonds. The van der Waals surface area contributed by atoms with Crippen LogP contribution in [0.15, 0.2) is 34.2 Å². The van der Waals surface area contributed by atoms with E-state index in [0.717, 1.165) is 16.8 Å². The van der Waals surface area contributed by atoms with Crippen molar-refractivity contribution in [2.75, 3.05) is 31.1 Å². The Morgan fingerprint density at radius 2 is 1.80 bits per heavy atom. The van der Waals surface area contributed by atoms with Crippen molar-refractivity contribution in [2.45, 2.75) is 32.0 Å². The molecule has 188 valence electrons. The zero-order chi connectivity index (χ0) is 25.3. The van der Waals surface area contributed by atoms with Crippen LogP contribution in [0, 0.1) is 0 Å². The number of carbonyl (C=O) groups is 1. The maximum Gasteiger partial charge on any atom is 0.417 e. The molecule has 1 saturated heterocycles. The van der Waals surface area contributed by atoms with Crippen molar-refractivity contribution in [3.8, 4) is 0 Å². The Balaban J connectivity index is 1.34. The molecule has 0 atom stereocenters. The number of hydrogen-bond donors (Lipinski definition) is 0. The van der Waals surface area contributed by atoms with E-state index < -0.39 is 23.0 Å². The summed E-state index contributed by atoms with van der Waals surface area (Å²) in [7, 11) is 2.96. The van der Waals surface area contributed by atoms with Gasteiger partial charge in [0.25, 0.3) is 5.56 Å². The van der Waals surface area contributed by atoms with Gasteiger partial charge in [0, 0.05) is 59.4 Å². The lowest BCUT2D eigenvalue weighted by Gasteiger charge is -2.23. The van der Waals surface area contributed by atoms with Gasteiger partial charge in [-0.3, -0.25) is 18.7 Å². The summed E-state index contributed by atoms with van der Waals surface area (Å²) in [6.07, 6.45) is -0.684. The summed E-state index contributed by atoms with van der Waals surface area (Å²) in [5.74, 6) is 0.423. The van der Waals surface area contributed by atoms with E-state index in [1.807, 2.05) is 4.90 Å². The molecule has 0 radical (unpaired) electrons. The zero-order valence-corrected chi connectivity index (χ0v) is 19.5. The molecular weight excluding hydrogens is 467 g/mol. The maximum absolute atomic E-state index is 12.8. The van der Waals surface area contributed by atoms with Gasteiger partial charge in [-0.15, -0.1) is 0 Å². The molecule has 0 bridgehead atoms. The second-order valence-electron chi connectivity index (χ2n) is 8.54. The van der Waals surface area contributed by atoms with Gasteiger partial charge in [0.15, 0.2) is 11.2 Å². The van der Waals surface area contributed by atoms with Gasteiger partial charge in [-0.25, -0.2) is 14.8 Å². The summed E-state index contributed by atoms with van der Waals surface area (Å²) in [6.45, 7) is 2.45. The molecule has 3 aromatic heterocycles. The van der Waals surface area contributed by atoms with Crippen molar-refractivity contribution < 1.29 is 18.0 Å². The first-order valence-electron chi connectivity index (χ1n) is 11.2. The molecule has 0 unspecified atom stereocenters. The van der Waals surface area contributed by atoms with Gasteiger partial charge in [0.1, 0.15) is 5.82 Å². The van der Waals surface area contributed by atoms with Crippen molar-refractivity contribution in [2.24, 2.45) is 14.1 Å². The average Bonchev–Trinajstić information content (AvgIpc) is 3.09. The van der Waals surface area contributed by atoms with E-state index in [1.54, 1.807) is 16.5 Å². The number of imidazole rings is 1. The number of fused-ring (bicyclic) bond motifs is 1. The number of anilines is 1. The minimum Gasteiger partial charge on any atom is -0.355 e. The zero-order valence-electron chi connectivity index (χ0n) is 19.5. The third-order valence-corrected chi connectivity index (χ3v) is 6.25. The van der Waals surface area contributed by atoms with Crippen LogP contribution in [0.3, 0.4) is 0 Å². The van der Waals surface area contributed by atoms with E-state index >= 15 is 0 Å². The molecule has 3 aromatic rings. The van der Waals surface area contributed by atoms with Crippen molar-refractivity contribution in [3.05, 3.63) is 51.1 Å². The molecule has 0 N–H and O–H groups in total. The Morgan fingerprint density at radius 3 is 2.49 bits per heavy atom. The lowest BCUT2D eigenvalue weighted by Crippen LogP contribution is -2.37. The monoisotopic (exact) mass is 493 g/mol. The first kappa shape index (κ1) is 24.5. The van der Waals surface area contributed by atoms with Crippen LogP contribution in [0.4, 0.5) is 19.0 Å². The molecule has 4 rings (SSSR count). The molecular formula is C22H26F3N7O3. The predicted molar refractivity (Wildman–Crippen MR) is 122 cm³/mol. The molecule has 0 aromatic carbocycles. The standard InChI is InChI=1S/C22H26F3N7O3/c1-28-19-18(20(34)29(2)21(28)35)32(14-27-19)8-3-5-17(33)31-10-4-9-30(11-12-31)16-7-6-15(13-26-16)22(23,24)25/h6-7,13-14H,3-5,8-12H2,1-2H3. The highest BCUT2D eigenvalue weighted by Gasteiger charge is 2.31. The molecule has 1 aliphatic heterocycles. The van der Waals surface area contributed by atoms with Crippen molar-refractivity contribution in [1.29, 1.82) is 0 Å². The molecule has 0 saturated carbocycles. The van der Waals surface area contributed by atoms with Crippen LogP contribution in [0.1, 0.15) is 24.8 Å². The van der Waals surface area contributed by atoms with Crippen LogP contribution < -0.4 is 16.1 Å². The maximum atomic E-state index is 12.8.